The molecule has 0 aliphatic heterocycles. The topological polar surface area (TPSA) is 37.8 Å². The standard InChI is InChI=1S/C12H9F4N3/c1-17-11-10(18-4-5-19-11)7-2-3-9(13)8(6-7)12(14,15)16/h2-6H,1H3,(H,17,19). The van der Waals surface area contributed by atoms with Crippen molar-refractivity contribution in [3.05, 3.63) is 42.0 Å². The Kier molecular flexibility index (Phi) is 3.37. The molecule has 0 amide bonds. The Morgan fingerprint density at radius 2 is 1.79 bits per heavy atom. The molecule has 1 N–H and O–H groups in total. The van der Waals surface area contributed by atoms with Crippen LogP contribution < -0.4 is 5.32 Å². The predicted octanol–water partition coefficient (Wildman–Crippen LogP) is 3.34. The summed E-state index contributed by atoms with van der Waals surface area (Å²) in [6, 6.07) is 2.72. The van der Waals surface area contributed by atoms with E-state index in [1.807, 2.05) is 0 Å². The fraction of sp³-hybridized carbons (Fsp3) is 0.167. The first-order valence-corrected chi connectivity index (χ1v) is 5.29. The van der Waals surface area contributed by atoms with Crippen LogP contribution in [0.3, 0.4) is 0 Å². The molecule has 0 atom stereocenters. The maximum Gasteiger partial charge on any atom is 0.419 e. The van der Waals surface area contributed by atoms with Crippen molar-refractivity contribution in [2.45, 2.75) is 6.18 Å². The van der Waals surface area contributed by atoms with E-state index in [9.17, 15) is 17.6 Å². The Labute approximate surface area is 106 Å². The van der Waals surface area contributed by atoms with E-state index in [0.717, 1.165) is 12.1 Å². The summed E-state index contributed by atoms with van der Waals surface area (Å²) < 4.78 is 51.1. The molecule has 0 spiro atoms. The highest BCUT2D eigenvalue weighted by molar-refractivity contribution is 5.71. The van der Waals surface area contributed by atoms with Crippen molar-refractivity contribution in [1.82, 2.24) is 9.97 Å². The Hall–Kier alpha value is -2.18. The zero-order valence-electron chi connectivity index (χ0n) is 9.79. The number of nitrogens with one attached hydrogen (secondary N) is 1. The second-order valence-electron chi connectivity index (χ2n) is 3.70. The van der Waals surface area contributed by atoms with Crippen LogP contribution in [0.25, 0.3) is 11.3 Å². The molecule has 0 saturated heterocycles. The van der Waals surface area contributed by atoms with Crippen LogP contribution >= 0.6 is 0 Å². The third-order valence-corrected chi connectivity index (χ3v) is 2.48. The van der Waals surface area contributed by atoms with E-state index in [1.54, 1.807) is 7.05 Å². The van der Waals surface area contributed by atoms with E-state index in [4.69, 9.17) is 0 Å². The first-order valence-electron chi connectivity index (χ1n) is 5.29. The van der Waals surface area contributed by atoms with Crippen molar-refractivity contribution in [2.75, 3.05) is 12.4 Å². The van der Waals surface area contributed by atoms with Crippen LogP contribution in [0.4, 0.5) is 23.4 Å². The van der Waals surface area contributed by atoms with Crippen LogP contribution in [0, 0.1) is 5.82 Å². The average Bonchev–Trinajstić information content (AvgIpc) is 2.38. The number of alkyl halides is 3. The number of nitrogens with zero attached hydrogens (tertiary/aromatic N) is 2. The second kappa shape index (κ2) is 4.83. The molecular formula is C12H9F4N3. The molecule has 0 saturated carbocycles. The van der Waals surface area contributed by atoms with Gasteiger partial charge in [-0.05, 0) is 18.2 Å². The minimum Gasteiger partial charge on any atom is -0.371 e. The third-order valence-electron chi connectivity index (χ3n) is 2.48. The quantitative estimate of drug-likeness (QED) is 0.851. The van der Waals surface area contributed by atoms with Crippen molar-refractivity contribution in [3.63, 3.8) is 0 Å². The van der Waals surface area contributed by atoms with Crippen LogP contribution in [0.5, 0.6) is 0 Å². The van der Waals surface area contributed by atoms with Gasteiger partial charge in [0, 0.05) is 25.0 Å². The Morgan fingerprint density at radius 1 is 1.11 bits per heavy atom. The number of rotatable bonds is 2. The average molecular weight is 271 g/mol. The van der Waals surface area contributed by atoms with Crippen molar-refractivity contribution in [1.29, 1.82) is 0 Å². The molecule has 0 fully saturated rings. The van der Waals surface area contributed by atoms with Gasteiger partial charge in [-0.3, -0.25) is 4.98 Å². The fourth-order valence-corrected chi connectivity index (χ4v) is 1.62. The highest BCUT2D eigenvalue weighted by atomic mass is 19.4. The van der Waals surface area contributed by atoms with Gasteiger partial charge in [0.1, 0.15) is 11.5 Å². The lowest BCUT2D eigenvalue weighted by atomic mass is 10.1. The van der Waals surface area contributed by atoms with E-state index in [2.05, 4.69) is 15.3 Å². The number of halogens is 4. The van der Waals surface area contributed by atoms with E-state index < -0.39 is 17.6 Å². The van der Waals surface area contributed by atoms with Crippen molar-refractivity contribution >= 4 is 5.82 Å². The van der Waals surface area contributed by atoms with Gasteiger partial charge in [0.05, 0.1) is 5.56 Å². The molecular weight excluding hydrogens is 262 g/mol. The van der Waals surface area contributed by atoms with Crippen LogP contribution in [0.1, 0.15) is 5.56 Å². The summed E-state index contributed by atoms with van der Waals surface area (Å²) in [6.07, 6.45) is -1.99. The second-order valence-corrected chi connectivity index (χ2v) is 3.70. The number of aromatic nitrogens is 2. The van der Waals surface area contributed by atoms with Crippen LogP contribution in [0.15, 0.2) is 30.6 Å². The lowest BCUT2D eigenvalue weighted by Crippen LogP contribution is -2.08. The summed E-state index contributed by atoms with van der Waals surface area (Å²) in [4.78, 5) is 7.90. The van der Waals surface area contributed by atoms with E-state index in [-0.39, 0.29) is 11.3 Å². The van der Waals surface area contributed by atoms with E-state index >= 15 is 0 Å². The van der Waals surface area contributed by atoms with E-state index in [1.165, 1.54) is 18.5 Å². The number of anilines is 1. The summed E-state index contributed by atoms with van der Waals surface area (Å²) in [7, 11) is 1.57. The highest BCUT2D eigenvalue weighted by Crippen LogP contribution is 2.34. The molecule has 1 aromatic carbocycles. The lowest BCUT2D eigenvalue weighted by molar-refractivity contribution is -0.139. The van der Waals surface area contributed by atoms with Gasteiger partial charge in [0.25, 0.3) is 0 Å². The molecule has 2 aromatic rings. The maximum absolute atomic E-state index is 13.2. The molecule has 0 aliphatic rings. The van der Waals surface area contributed by atoms with Gasteiger partial charge in [-0.2, -0.15) is 13.2 Å². The molecule has 19 heavy (non-hydrogen) atoms. The Balaban J connectivity index is 2.58. The van der Waals surface area contributed by atoms with Gasteiger partial charge >= 0.3 is 6.18 Å². The monoisotopic (exact) mass is 271 g/mol. The minimum atomic E-state index is -4.75. The predicted molar refractivity (Wildman–Crippen MR) is 62.0 cm³/mol. The smallest absolute Gasteiger partial charge is 0.371 e. The SMILES string of the molecule is CNc1nccnc1-c1ccc(F)c(C(F)(F)F)c1. The van der Waals surface area contributed by atoms with Gasteiger partial charge in [0.2, 0.25) is 0 Å². The summed E-state index contributed by atoms with van der Waals surface area (Å²) in [5, 5.41) is 2.72. The molecule has 1 aromatic heterocycles. The van der Waals surface area contributed by atoms with Gasteiger partial charge in [-0.1, -0.05) is 0 Å². The van der Waals surface area contributed by atoms with Crippen molar-refractivity contribution in [3.8, 4) is 11.3 Å². The summed E-state index contributed by atoms with van der Waals surface area (Å²) >= 11 is 0. The Morgan fingerprint density at radius 3 is 2.42 bits per heavy atom. The number of hydrogen-bond donors (Lipinski definition) is 1. The highest BCUT2D eigenvalue weighted by Gasteiger charge is 2.34. The van der Waals surface area contributed by atoms with Crippen LogP contribution in [-0.2, 0) is 6.18 Å². The lowest BCUT2D eigenvalue weighted by Gasteiger charge is -2.11. The minimum absolute atomic E-state index is 0.145. The summed E-state index contributed by atoms with van der Waals surface area (Å²) in [6.45, 7) is 0. The molecule has 0 aliphatic carbocycles. The van der Waals surface area contributed by atoms with Gasteiger partial charge in [-0.15, -0.1) is 0 Å². The van der Waals surface area contributed by atoms with E-state index in [0.29, 0.717) is 5.82 Å². The Bertz CT molecular complexity index is 596. The summed E-state index contributed by atoms with van der Waals surface area (Å²) in [5.74, 6) is -0.992. The first kappa shape index (κ1) is 13.3. The number of hydrogen-bond acceptors (Lipinski definition) is 3. The van der Waals surface area contributed by atoms with Crippen molar-refractivity contribution < 1.29 is 17.6 Å². The molecule has 0 radical (unpaired) electrons. The molecule has 100 valence electrons. The first-order chi connectivity index (χ1) is 8.93. The maximum atomic E-state index is 13.2. The molecule has 0 bridgehead atoms. The molecule has 7 heteroatoms. The zero-order chi connectivity index (χ0) is 14.0. The zero-order valence-corrected chi connectivity index (χ0v) is 9.79. The molecule has 1 heterocycles. The normalized spacial score (nSPS) is 11.4. The van der Waals surface area contributed by atoms with Gasteiger partial charge in [0.15, 0.2) is 5.82 Å². The van der Waals surface area contributed by atoms with Crippen LogP contribution in [-0.4, -0.2) is 17.0 Å². The third kappa shape index (κ3) is 2.64. The number of benzene rings is 1. The molecule has 2 rings (SSSR count). The fourth-order valence-electron chi connectivity index (χ4n) is 1.62. The summed E-state index contributed by atoms with van der Waals surface area (Å²) in [5.41, 5.74) is -0.945. The van der Waals surface area contributed by atoms with Gasteiger partial charge < -0.3 is 5.32 Å². The largest absolute Gasteiger partial charge is 0.419 e. The molecule has 0 unspecified atom stereocenters. The van der Waals surface area contributed by atoms with Crippen LogP contribution in [0.2, 0.25) is 0 Å². The van der Waals surface area contributed by atoms with Gasteiger partial charge in [-0.25, -0.2) is 9.37 Å². The molecule has 3 nitrogen and oxygen atoms in total. The van der Waals surface area contributed by atoms with Crippen molar-refractivity contribution in [2.24, 2.45) is 0 Å².